The number of nitrogens with one attached hydrogen (secondary N) is 1. The molecular weight excluding hydrogens is 528 g/mol. The molecule has 3 aromatic carbocycles. The molecule has 1 amide bonds. The maximum atomic E-state index is 13.3. The van der Waals surface area contributed by atoms with Crippen LogP contribution in [-0.4, -0.2) is 25.6 Å². The van der Waals surface area contributed by atoms with E-state index in [1.165, 1.54) is 48.2 Å². The molecule has 0 aliphatic heterocycles. The van der Waals surface area contributed by atoms with Gasteiger partial charge < -0.3 is 5.32 Å². The van der Waals surface area contributed by atoms with Gasteiger partial charge in [-0.3, -0.25) is 19.5 Å². The van der Waals surface area contributed by atoms with Crippen molar-refractivity contribution in [3.63, 3.8) is 0 Å². The molecule has 1 unspecified atom stereocenters. The van der Waals surface area contributed by atoms with E-state index in [1.54, 1.807) is 41.8 Å². The lowest BCUT2D eigenvalue weighted by atomic mass is 10.2. The van der Waals surface area contributed by atoms with Crippen molar-refractivity contribution in [2.75, 3.05) is 0 Å². The van der Waals surface area contributed by atoms with Crippen LogP contribution in [0.2, 0.25) is 10.0 Å². The molecule has 184 valence electrons. The molecule has 1 atom stereocenters. The molecule has 0 saturated heterocycles. The molecule has 1 N–H and O–H groups in total. The van der Waals surface area contributed by atoms with Crippen molar-refractivity contribution in [3.8, 4) is 5.69 Å². The lowest BCUT2D eigenvalue weighted by Gasteiger charge is -2.17. The third-order valence-electron chi connectivity index (χ3n) is 5.17. The van der Waals surface area contributed by atoms with E-state index in [0.29, 0.717) is 32.5 Å². The zero-order chi connectivity index (χ0) is 25.8. The van der Waals surface area contributed by atoms with Crippen LogP contribution in [-0.2, 0) is 5.75 Å². The molecule has 8 nitrogen and oxygen atoms in total. The summed E-state index contributed by atoms with van der Waals surface area (Å²) in [5.41, 5.74) is 1.60. The molecule has 0 aliphatic rings. The zero-order valence-corrected chi connectivity index (χ0v) is 21.0. The van der Waals surface area contributed by atoms with Gasteiger partial charge in [0.2, 0.25) is 0 Å². The second-order valence-electron chi connectivity index (χ2n) is 7.69. The van der Waals surface area contributed by atoms with Gasteiger partial charge in [0.1, 0.15) is 5.82 Å². The van der Waals surface area contributed by atoms with Gasteiger partial charge in [0.05, 0.1) is 21.7 Å². The number of non-ortho nitro benzene ring substituents is 1. The summed E-state index contributed by atoms with van der Waals surface area (Å²) >= 11 is 13.9. The molecule has 0 radical (unpaired) electrons. The molecule has 0 aliphatic carbocycles. The first kappa shape index (κ1) is 25.6. The van der Waals surface area contributed by atoms with Crippen LogP contribution >= 0.6 is 35.0 Å². The number of nitrogens with zero attached hydrogens (tertiary/aromatic N) is 4. The number of carbonyl (C=O) groups is 1. The fraction of sp³-hybridized carbons (Fsp3) is 0.125. The first-order chi connectivity index (χ1) is 17.2. The fourth-order valence-electron chi connectivity index (χ4n) is 3.35. The van der Waals surface area contributed by atoms with Crippen LogP contribution in [0, 0.1) is 15.9 Å². The SMILES string of the molecule is CC(NC(=O)c1ccc([N+](=O)[O-])cc1)c1nnc(SCc2ccc(F)cc2)n1-c1ccc(Cl)cc1Cl. The Hall–Kier alpha value is -3.47. The van der Waals surface area contributed by atoms with Gasteiger partial charge in [-0.2, -0.15) is 0 Å². The van der Waals surface area contributed by atoms with Crippen molar-refractivity contribution in [1.82, 2.24) is 20.1 Å². The van der Waals surface area contributed by atoms with Crippen molar-refractivity contribution in [2.24, 2.45) is 0 Å². The van der Waals surface area contributed by atoms with Gasteiger partial charge in [-0.25, -0.2) is 4.39 Å². The lowest BCUT2D eigenvalue weighted by molar-refractivity contribution is -0.384. The van der Waals surface area contributed by atoms with Crippen LogP contribution in [0.5, 0.6) is 0 Å². The average molecular weight is 546 g/mol. The minimum atomic E-state index is -0.605. The summed E-state index contributed by atoms with van der Waals surface area (Å²) in [4.78, 5) is 23.1. The highest BCUT2D eigenvalue weighted by atomic mass is 35.5. The summed E-state index contributed by atoms with van der Waals surface area (Å²) < 4.78 is 15.0. The van der Waals surface area contributed by atoms with Crippen LogP contribution in [0.25, 0.3) is 5.69 Å². The first-order valence-corrected chi connectivity index (χ1v) is 12.3. The average Bonchev–Trinajstić information content (AvgIpc) is 3.27. The maximum Gasteiger partial charge on any atom is 0.269 e. The van der Waals surface area contributed by atoms with Crippen molar-refractivity contribution in [2.45, 2.75) is 23.9 Å². The Balaban J connectivity index is 1.63. The Kier molecular flexibility index (Phi) is 7.88. The molecule has 0 fully saturated rings. The van der Waals surface area contributed by atoms with Gasteiger partial charge in [-0.05, 0) is 55.0 Å². The number of thioether (sulfide) groups is 1. The predicted octanol–water partition coefficient (Wildman–Crippen LogP) is 6.40. The highest BCUT2D eigenvalue weighted by Gasteiger charge is 2.23. The number of rotatable bonds is 8. The van der Waals surface area contributed by atoms with E-state index in [4.69, 9.17) is 23.2 Å². The van der Waals surface area contributed by atoms with E-state index in [9.17, 15) is 19.3 Å². The number of aromatic nitrogens is 3. The smallest absolute Gasteiger partial charge is 0.269 e. The third kappa shape index (κ3) is 5.84. The van der Waals surface area contributed by atoms with E-state index in [0.717, 1.165) is 5.56 Å². The molecule has 12 heteroatoms. The molecule has 1 heterocycles. The minimum Gasteiger partial charge on any atom is -0.342 e. The molecule has 4 aromatic rings. The number of halogens is 3. The highest BCUT2D eigenvalue weighted by Crippen LogP contribution is 2.32. The van der Waals surface area contributed by atoms with Crippen LogP contribution in [0.3, 0.4) is 0 Å². The van der Waals surface area contributed by atoms with Crippen LogP contribution in [0.4, 0.5) is 10.1 Å². The van der Waals surface area contributed by atoms with Gasteiger partial charge in [-0.1, -0.05) is 47.1 Å². The minimum absolute atomic E-state index is 0.112. The summed E-state index contributed by atoms with van der Waals surface area (Å²) in [5, 5.41) is 23.7. The second kappa shape index (κ2) is 11.1. The monoisotopic (exact) mass is 545 g/mol. The molecule has 4 rings (SSSR count). The molecular formula is C24H18Cl2FN5O3S. The van der Waals surface area contributed by atoms with Gasteiger partial charge in [0, 0.05) is 28.5 Å². The topological polar surface area (TPSA) is 103 Å². The Morgan fingerprint density at radius 2 is 1.81 bits per heavy atom. The summed E-state index contributed by atoms with van der Waals surface area (Å²) in [6.07, 6.45) is 0. The van der Waals surface area contributed by atoms with Crippen LogP contribution < -0.4 is 5.32 Å². The van der Waals surface area contributed by atoms with Crippen molar-refractivity contribution in [1.29, 1.82) is 0 Å². The number of hydrogen-bond donors (Lipinski definition) is 1. The standard InChI is InChI=1S/C24H18Cl2FN5O3S/c1-14(28-23(33)16-4-9-19(10-5-16)32(34)35)22-29-30-24(36-13-15-2-7-18(27)8-3-15)31(22)21-11-6-17(25)12-20(21)26/h2-12,14H,13H2,1H3,(H,28,33). The molecule has 36 heavy (non-hydrogen) atoms. The van der Waals surface area contributed by atoms with Gasteiger partial charge in [0.25, 0.3) is 11.6 Å². The summed E-state index contributed by atoms with van der Waals surface area (Å²) in [6.45, 7) is 1.74. The quantitative estimate of drug-likeness (QED) is 0.156. The first-order valence-electron chi connectivity index (χ1n) is 10.6. The lowest BCUT2D eigenvalue weighted by Crippen LogP contribution is -2.28. The Morgan fingerprint density at radius 3 is 2.44 bits per heavy atom. The van der Waals surface area contributed by atoms with E-state index in [1.807, 2.05) is 0 Å². The Labute approximate surface area is 219 Å². The number of hydrogen-bond acceptors (Lipinski definition) is 6. The normalized spacial score (nSPS) is 11.8. The van der Waals surface area contributed by atoms with Crippen LogP contribution in [0.15, 0.2) is 71.9 Å². The van der Waals surface area contributed by atoms with Gasteiger partial charge in [0.15, 0.2) is 11.0 Å². The zero-order valence-electron chi connectivity index (χ0n) is 18.7. The Bertz CT molecular complexity index is 1410. The third-order valence-corrected chi connectivity index (χ3v) is 6.70. The van der Waals surface area contributed by atoms with E-state index >= 15 is 0 Å². The predicted molar refractivity (Wildman–Crippen MR) is 136 cm³/mol. The van der Waals surface area contributed by atoms with E-state index in [-0.39, 0.29) is 17.1 Å². The summed E-state index contributed by atoms with van der Waals surface area (Å²) in [7, 11) is 0. The number of amides is 1. The van der Waals surface area contributed by atoms with Crippen molar-refractivity contribution >= 4 is 46.6 Å². The van der Waals surface area contributed by atoms with Gasteiger partial charge in [-0.15, -0.1) is 10.2 Å². The largest absolute Gasteiger partial charge is 0.342 e. The van der Waals surface area contributed by atoms with E-state index < -0.39 is 16.9 Å². The summed E-state index contributed by atoms with van der Waals surface area (Å²) in [5.74, 6) is 0.151. The molecule has 0 saturated carbocycles. The van der Waals surface area contributed by atoms with Crippen molar-refractivity contribution < 1.29 is 14.1 Å². The number of benzene rings is 3. The number of nitro groups is 1. The van der Waals surface area contributed by atoms with E-state index in [2.05, 4.69) is 15.5 Å². The number of nitro benzene ring substituents is 1. The highest BCUT2D eigenvalue weighted by molar-refractivity contribution is 7.98. The number of carbonyl (C=O) groups excluding carboxylic acids is 1. The molecule has 0 spiro atoms. The summed E-state index contributed by atoms with van der Waals surface area (Å²) in [6, 6.07) is 15.8. The fourth-order valence-corrected chi connectivity index (χ4v) is 4.75. The Morgan fingerprint density at radius 1 is 1.11 bits per heavy atom. The van der Waals surface area contributed by atoms with Gasteiger partial charge >= 0.3 is 0 Å². The molecule has 0 bridgehead atoms. The van der Waals surface area contributed by atoms with Crippen molar-refractivity contribution in [3.05, 3.63) is 110 Å². The maximum absolute atomic E-state index is 13.3. The second-order valence-corrected chi connectivity index (χ2v) is 9.47. The molecule has 1 aromatic heterocycles. The van der Waals surface area contributed by atoms with Crippen LogP contribution in [0.1, 0.15) is 34.7 Å².